The van der Waals surface area contributed by atoms with Crippen LogP contribution in [0.2, 0.25) is 5.02 Å². The molecule has 61 heavy (non-hydrogen) atoms. The number of nitrogens with zero attached hydrogens (tertiary/aromatic N) is 8. The first-order valence-corrected chi connectivity index (χ1v) is 21.4. The van der Waals surface area contributed by atoms with Crippen LogP contribution in [0.1, 0.15) is 104 Å². The number of halogens is 1. The SMILES string of the molecule is C[C@@H]1CC(CN2CCN(c3ccc4c(c3)C(=O)N([C@@H]3CCC(=O)N(C5C(C)(C)C(Oc6ccc(C#N)c(Cl)c6)C5(C)C)C3=O)C4=O)CC2)C[C@@H](C)N1c1ncc(C(N)=O)cn1. The minimum Gasteiger partial charge on any atom is -0.489 e. The van der Waals surface area contributed by atoms with Gasteiger partial charge in [-0.3, -0.25) is 38.7 Å². The van der Waals surface area contributed by atoms with E-state index in [2.05, 4.69) is 38.5 Å². The Bertz CT molecular complexity index is 2310. The number of likely N-dealkylation sites (tertiary alicyclic amines) is 1. The molecule has 320 valence electrons. The molecule has 0 radical (unpaired) electrons. The molecule has 1 aromatic heterocycles. The summed E-state index contributed by atoms with van der Waals surface area (Å²) in [5.41, 5.74) is 5.95. The number of nitriles is 1. The summed E-state index contributed by atoms with van der Waals surface area (Å²) in [6.07, 6.45) is 4.57. The molecule has 5 amide bonds. The molecule has 15 nitrogen and oxygen atoms in total. The lowest BCUT2D eigenvalue weighted by atomic mass is 9.48. The predicted molar refractivity (Wildman–Crippen MR) is 227 cm³/mol. The van der Waals surface area contributed by atoms with Crippen molar-refractivity contribution in [2.45, 2.75) is 97.5 Å². The maximum absolute atomic E-state index is 14.4. The maximum Gasteiger partial charge on any atom is 0.262 e. The van der Waals surface area contributed by atoms with Crippen LogP contribution in [0.25, 0.3) is 0 Å². The molecule has 1 saturated carbocycles. The first kappa shape index (κ1) is 42.1. The smallest absolute Gasteiger partial charge is 0.262 e. The number of anilines is 2. The van der Waals surface area contributed by atoms with Gasteiger partial charge in [-0.15, -0.1) is 0 Å². The van der Waals surface area contributed by atoms with Gasteiger partial charge in [0, 0.05) is 86.2 Å². The van der Waals surface area contributed by atoms with Crippen LogP contribution < -0.4 is 20.3 Å². The Morgan fingerprint density at radius 2 is 1.54 bits per heavy atom. The molecule has 3 atom stereocenters. The zero-order valence-corrected chi connectivity index (χ0v) is 36.2. The maximum atomic E-state index is 14.4. The van der Waals surface area contributed by atoms with Crippen LogP contribution in [0.4, 0.5) is 11.6 Å². The largest absolute Gasteiger partial charge is 0.489 e. The van der Waals surface area contributed by atoms with E-state index in [4.69, 9.17) is 22.1 Å². The highest BCUT2D eigenvalue weighted by molar-refractivity contribution is 6.31. The molecule has 1 aliphatic carbocycles. The number of aromatic nitrogens is 2. The average Bonchev–Trinajstić information content (AvgIpc) is 3.46. The van der Waals surface area contributed by atoms with E-state index in [-0.39, 0.29) is 52.5 Å². The highest BCUT2D eigenvalue weighted by Crippen LogP contribution is 2.58. The van der Waals surface area contributed by atoms with Gasteiger partial charge in [0.15, 0.2) is 0 Å². The van der Waals surface area contributed by atoms with Crippen LogP contribution in [0, 0.1) is 28.1 Å². The second kappa shape index (κ2) is 15.7. The number of carbonyl (C=O) groups excluding carboxylic acids is 5. The molecule has 2 aromatic carbocycles. The van der Waals surface area contributed by atoms with Gasteiger partial charge in [-0.05, 0) is 69.4 Å². The summed E-state index contributed by atoms with van der Waals surface area (Å²) in [6, 6.07) is 11.0. The van der Waals surface area contributed by atoms with Crippen molar-refractivity contribution in [2.75, 3.05) is 42.5 Å². The van der Waals surface area contributed by atoms with Crippen LogP contribution in [0.15, 0.2) is 48.8 Å². The summed E-state index contributed by atoms with van der Waals surface area (Å²) < 4.78 is 6.41. The third kappa shape index (κ3) is 7.27. The van der Waals surface area contributed by atoms with Gasteiger partial charge in [0.1, 0.15) is 24.0 Å². The molecule has 3 saturated heterocycles. The number of amides is 5. The van der Waals surface area contributed by atoms with Crippen LogP contribution in [-0.4, -0.2) is 117 Å². The molecule has 5 heterocycles. The highest BCUT2D eigenvalue weighted by Gasteiger charge is 2.68. The topological polar surface area (TPSA) is 186 Å². The van der Waals surface area contributed by atoms with E-state index in [0.717, 1.165) is 56.2 Å². The van der Waals surface area contributed by atoms with Crippen molar-refractivity contribution < 1.29 is 28.7 Å². The summed E-state index contributed by atoms with van der Waals surface area (Å²) >= 11 is 6.28. The zero-order valence-electron chi connectivity index (χ0n) is 35.4. The fourth-order valence-corrected chi connectivity index (χ4v) is 11.5. The number of hydrogen-bond acceptors (Lipinski definition) is 12. The van der Waals surface area contributed by atoms with Crippen molar-refractivity contribution >= 4 is 52.8 Å². The minimum atomic E-state index is -1.12. The lowest BCUT2D eigenvalue weighted by Crippen LogP contribution is -2.77. The summed E-state index contributed by atoms with van der Waals surface area (Å²) in [6.45, 7) is 16.3. The van der Waals surface area contributed by atoms with E-state index in [9.17, 15) is 29.2 Å². The molecule has 0 spiro atoms. The third-order valence-electron chi connectivity index (χ3n) is 13.7. The van der Waals surface area contributed by atoms with Crippen molar-refractivity contribution in [1.29, 1.82) is 5.26 Å². The number of imide groups is 2. The number of piperazine rings is 1. The van der Waals surface area contributed by atoms with Gasteiger partial charge in [0.25, 0.3) is 23.6 Å². The molecule has 5 aliphatic rings. The number of fused-ring (bicyclic) bond motifs is 1. The summed E-state index contributed by atoms with van der Waals surface area (Å²) in [5.74, 6) is -0.944. The molecular weight excluding hydrogens is 798 g/mol. The van der Waals surface area contributed by atoms with Crippen molar-refractivity contribution in [2.24, 2.45) is 22.5 Å². The van der Waals surface area contributed by atoms with Crippen molar-refractivity contribution in [3.63, 3.8) is 0 Å². The van der Waals surface area contributed by atoms with Crippen LogP contribution >= 0.6 is 11.6 Å². The second-order valence-corrected chi connectivity index (χ2v) is 18.9. The fourth-order valence-electron chi connectivity index (χ4n) is 11.3. The lowest BCUT2D eigenvalue weighted by molar-refractivity contribution is -0.216. The number of primary amides is 1. The number of nitrogens with two attached hydrogens (primary N) is 1. The van der Waals surface area contributed by atoms with E-state index in [1.807, 2.05) is 39.8 Å². The monoisotopic (exact) mass is 849 g/mol. The van der Waals surface area contributed by atoms with E-state index >= 15 is 0 Å². The van der Waals surface area contributed by atoms with Gasteiger partial charge in [0.05, 0.1) is 33.3 Å². The molecular formula is C45H52ClN9O6. The number of rotatable bonds is 9. The van der Waals surface area contributed by atoms with Crippen molar-refractivity contribution in [1.82, 2.24) is 24.7 Å². The molecule has 4 fully saturated rings. The number of carbonyl (C=O) groups is 5. The Hall–Kier alpha value is -5.59. The van der Waals surface area contributed by atoms with Gasteiger partial charge >= 0.3 is 0 Å². The predicted octanol–water partition coefficient (Wildman–Crippen LogP) is 4.91. The number of hydrogen-bond donors (Lipinski definition) is 1. The zero-order chi connectivity index (χ0) is 43.7. The fraction of sp³-hybridized carbons (Fsp3) is 0.511. The van der Waals surface area contributed by atoms with E-state index in [1.54, 1.807) is 30.3 Å². The quantitative estimate of drug-likeness (QED) is 0.287. The Balaban J connectivity index is 0.896. The van der Waals surface area contributed by atoms with Crippen LogP contribution in [0.3, 0.4) is 0 Å². The number of piperidine rings is 2. The first-order chi connectivity index (χ1) is 28.9. The Morgan fingerprint density at radius 3 is 2.15 bits per heavy atom. The van der Waals surface area contributed by atoms with Crippen molar-refractivity contribution in [3.8, 4) is 11.8 Å². The van der Waals surface area contributed by atoms with E-state index < -0.39 is 52.6 Å². The number of benzene rings is 2. The molecule has 0 bridgehead atoms. The minimum absolute atomic E-state index is 0.0102. The standard InChI is InChI=1S/C45H52ClN9O6/c1-25-17-27(18-26(2)53(25)43-49-22-29(23-50-43)37(48)57)24-51-13-15-52(16-14-51)30-8-10-32-33(19-30)39(59)54(38(32)58)35-11-12-36(56)55(40(35)60)41-44(3,4)42(45(41,5)6)61-31-9-7-28(21-47)34(46)20-31/h7-10,19-20,22-23,25-27,35,41-42H,11-18,24H2,1-6H3,(H2,48,57)/t25-,26-,35-,41?,42?/m1/s1. The van der Waals surface area contributed by atoms with Gasteiger partial charge in [-0.25, -0.2) is 9.97 Å². The summed E-state index contributed by atoms with van der Waals surface area (Å²) in [4.78, 5) is 85.7. The van der Waals surface area contributed by atoms with Crippen molar-refractivity contribution in [3.05, 3.63) is 76.1 Å². The summed E-state index contributed by atoms with van der Waals surface area (Å²) in [7, 11) is 0. The second-order valence-electron chi connectivity index (χ2n) is 18.5. The van der Waals surface area contributed by atoms with E-state index in [1.165, 1.54) is 17.3 Å². The summed E-state index contributed by atoms with van der Waals surface area (Å²) in [5, 5.41) is 9.56. The highest BCUT2D eigenvalue weighted by atomic mass is 35.5. The van der Waals surface area contributed by atoms with Gasteiger partial charge < -0.3 is 20.3 Å². The third-order valence-corrected chi connectivity index (χ3v) is 14.0. The molecule has 16 heteroatoms. The van der Waals surface area contributed by atoms with Gasteiger partial charge in [-0.1, -0.05) is 39.3 Å². The first-order valence-electron chi connectivity index (χ1n) is 21.0. The van der Waals surface area contributed by atoms with Gasteiger partial charge in [0.2, 0.25) is 11.9 Å². The molecule has 4 aliphatic heterocycles. The number of ether oxygens (including phenoxy) is 1. The normalized spacial score (nSPS) is 27.4. The Morgan fingerprint density at radius 1 is 0.902 bits per heavy atom. The van der Waals surface area contributed by atoms with Crippen LogP contribution in [-0.2, 0) is 9.59 Å². The Kier molecular flexibility index (Phi) is 10.8. The lowest BCUT2D eigenvalue weighted by Gasteiger charge is -2.65. The molecule has 0 unspecified atom stereocenters. The Labute approximate surface area is 360 Å². The van der Waals surface area contributed by atoms with E-state index in [0.29, 0.717) is 23.2 Å². The van der Waals surface area contributed by atoms with Crippen LogP contribution in [0.5, 0.6) is 5.75 Å². The molecule has 2 N–H and O–H groups in total. The molecule has 3 aromatic rings. The average molecular weight is 850 g/mol. The van der Waals surface area contributed by atoms with Gasteiger partial charge in [-0.2, -0.15) is 5.26 Å². The molecule has 8 rings (SSSR count).